The van der Waals surface area contributed by atoms with Crippen LogP contribution in [0.4, 0.5) is 5.69 Å². The fourth-order valence-electron chi connectivity index (χ4n) is 1.22. The minimum absolute atomic E-state index is 0.0174. The summed E-state index contributed by atoms with van der Waals surface area (Å²) in [7, 11) is 0. The molecule has 0 saturated carbocycles. The highest BCUT2D eigenvalue weighted by Gasteiger charge is 2.07. The quantitative estimate of drug-likeness (QED) is 0.798. The molecule has 0 unspecified atom stereocenters. The van der Waals surface area contributed by atoms with Gasteiger partial charge in [-0.25, -0.2) is 4.98 Å². The molecule has 6 heteroatoms. The maximum Gasteiger partial charge on any atom is 0.277 e. The molecule has 0 aliphatic heterocycles. The zero-order valence-corrected chi connectivity index (χ0v) is 8.68. The van der Waals surface area contributed by atoms with Gasteiger partial charge in [0.1, 0.15) is 5.75 Å². The second-order valence-corrected chi connectivity index (χ2v) is 3.19. The number of hydrogen-bond acceptors (Lipinski definition) is 5. The van der Waals surface area contributed by atoms with E-state index in [4.69, 9.17) is 15.7 Å². The molecule has 0 radical (unpaired) electrons. The summed E-state index contributed by atoms with van der Waals surface area (Å²) < 4.78 is 5.33. The highest BCUT2D eigenvalue weighted by Crippen LogP contribution is 2.22. The summed E-state index contributed by atoms with van der Waals surface area (Å²) >= 11 is 0. The molecule has 2 rings (SSSR count). The number of nitrogens with zero attached hydrogens (tertiary/aromatic N) is 2. The van der Waals surface area contributed by atoms with Crippen molar-refractivity contribution in [1.29, 1.82) is 5.26 Å². The normalized spacial score (nSPS) is 9.59. The fourth-order valence-corrected chi connectivity index (χ4v) is 1.22. The lowest BCUT2D eigenvalue weighted by Crippen LogP contribution is -2.13. The Morgan fingerprint density at radius 3 is 3.06 bits per heavy atom. The first-order valence-corrected chi connectivity index (χ1v) is 4.72. The Balaban J connectivity index is 2.35. The monoisotopic (exact) mass is 228 g/mol. The molecule has 0 fully saturated rings. The molecule has 0 bridgehead atoms. The molecule has 0 aliphatic carbocycles. The van der Waals surface area contributed by atoms with Gasteiger partial charge in [-0.2, -0.15) is 5.26 Å². The lowest BCUT2D eigenvalue weighted by atomic mass is 10.2. The number of nitrogens with two attached hydrogens (primary N) is 1. The van der Waals surface area contributed by atoms with Gasteiger partial charge in [0.05, 0.1) is 18.0 Å². The van der Waals surface area contributed by atoms with Gasteiger partial charge in [-0.05, 0) is 18.2 Å². The summed E-state index contributed by atoms with van der Waals surface area (Å²) in [4.78, 5) is 17.3. The van der Waals surface area contributed by atoms with Crippen molar-refractivity contribution >= 4 is 5.69 Å². The van der Waals surface area contributed by atoms with E-state index in [9.17, 15) is 4.79 Å². The largest absolute Gasteiger partial charge is 0.437 e. The lowest BCUT2D eigenvalue weighted by molar-refractivity contribution is 0.463. The van der Waals surface area contributed by atoms with Crippen LogP contribution in [0.3, 0.4) is 0 Å². The van der Waals surface area contributed by atoms with Crippen molar-refractivity contribution in [2.45, 2.75) is 0 Å². The molecule has 6 nitrogen and oxygen atoms in total. The van der Waals surface area contributed by atoms with Crippen LogP contribution < -0.4 is 16.0 Å². The van der Waals surface area contributed by atoms with Crippen molar-refractivity contribution in [1.82, 2.24) is 9.97 Å². The Morgan fingerprint density at radius 1 is 1.47 bits per heavy atom. The van der Waals surface area contributed by atoms with Crippen LogP contribution in [0.2, 0.25) is 0 Å². The predicted octanol–water partition coefficient (Wildman–Crippen LogP) is 1.02. The summed E-state index contributed by atoms with van der Waals surface area (Å²) in [5.74, 6) is 0.415. The van der Waals surface area contributed by atoms with Crippen LogP contribution in [-0.2, 0) is 0 Å². The molecule has 1 aromatic carbocycles. The Hall–Kier alpha value is -2.81. The zero-order valence-electron chi connectivity index (χ0n) is 8.68. The van der Waals surface area contributed by atoms with E-state index in [0.717, 1.165) is 0 Å². The van der Waals surface area contributed by atoms with Crippen LogP contribution in [-0.4, -0.2) is 9.97 Å². The number of aromatic amines is 1. The van der Waals surface area contributed by atoms with E-state index in [2.05, 4.69) is 9.97 Å². The molecule has 17 heavy (non-hydrogen) atoms. The first-order chi connectivity index (χ1) is 8.20. The smallest absolute Gasteiger partial charge is 0.277 e. The Kier molecular flexibility index (Phi) is 2.75. The summed E-state index contributed by atoms with van der Waals surface area (Å²) in [5.41, 5.74) is 5.39. The van der Waals surface area contributed by atoms with Crippen LogP contribution in [0, 0.1) is 11.3 Å². The fraction of sp³-hybridized carbons (Fsp3) is 0. The van der Waals surface area contributed by atoms with Crippen molar-refractivity contribution in [3.8, 4) is 17.7 Å². The summed E-state index contributed by atoms with van der Waals surface area (Å²) in [5, 5.41) is 8.73. The number of rotatable bonds is 2. The third-order valence-corrected chi connectivity index (χ3v) is 2.03. The van der Waals surface area contributed by atoms with Crippen molar-refractivity contribution in [3.63, 3.8) is 0 Å². The highest BCUT2D eigenvalue weighted by molar-refractivity contribution is 5.47. The third kappa shape index (κ3) is 2.23. The average Bonchev–Trinajstić information content (AvgIpc) is 2.35. The number of ether oxygens (including phenoxy) is 1. The van der Waals surface area contributed by atoms with E-state index in [0.29, 0.717) is 11.3 Å². The van der Waals surface area contributed by atoms with E-state index in [-0.39, 0.29) is 11.6 Å². The SMILES string of the molecule is N#Cc1cccc(Oc2nc[nH]c(=O)c2N)c1. The highest BCUT2D eigenvalue weighted by atomic mass is 16.5. The molecule has 3 N–H and O–H groups in total. The second kappa shape index (κ2) is 4.37. The van der Waals surface area contributed by atoms with E-state index in [1.54, 1.807) is 18.2 Å². The van der Waals surface area contributed by atoms with Gasteiger partial charge >= 0.3 is 0 Å². The van der Waals surface area contributed by atoms with E-state index < -0.39 is 5.56 Å². The average molecular weight is 228 g/mol. The molecule has 1 aromatic heterocycles. The topological polar surface area (TPSA) is 105 Å². The molecule has 2 aromatic rings. The number of hydrogen-bond donors (Lipinski definition) is 2. The summed E-state index contributed by atoms with van der Waals surface area (Å²) in [6.45, 7) is 0. The van der Waals surface area contributed by atoms with Crippen molar-refractivity contribution in [2.24, 2.45) is 0 Å². The van der Waals surface area contributed by atoms with Crippen LogP contribution in [0.1, 0.15) is 5.56 Å². The third-order valence-electron chi connectivity index (χ3n) is 2.03. The number of nitrogens with one attached hydrogen (secondary N) is 1. The number of nitrogen functional groups attached to an aromatic ring is 1. The standard InChI is InChI=1S/C11H8N4O2/c12-5-7-2-1-3-8(4-7)17-11-9(13)10(16)14-6-15-11/h1-4,6H,13H2,(H,14,15,16). The minimum Gasteiger partial charge on any atom is -0.437 e. The van der Waals surface area contributed by atoms with Crippen LogP contribution in [0.5, 0.6) is 11.6 Å². The molecule has 0 aliphatic rings. The molecular weight excluding hydrogens is 220 g/mol. The van der Waals surface area contributed by atoms with Gasteiger partial charge in [0.15, 0.2) is 5.69 Å². The molecule has 0 saturated heterocycles. The molecular formula is C11H8N4O2. The number of nitriles is 1. The molecule has 0 spiro atoms. The molecule has 1 heterocycles. The number of H-pyrrole nitrogens is 1. The van der Waals surface area contributed by atoms with Gasteiger partial charge in [0.2, 0.25) is 5.88 Å². The van der Waals surface area contributed by atoms with Crippen LogP contribution >= 0.6 is 0 Å². The van der Waals surface area contributed by atoms with E-state index >= 15 is 0 Å². The van der Waals surface area contributed by atoms with E-state index in [1.807, 2.05) is 6.07 Å². The second-order valence-electron chi connectivity index (χ2n) is 3.19. The molecule has 84 valence electrons. The summed E-state index contributed by atoms with van der Waals surface area (Å²) in [6.07, 6.45) is 1.20. The molecule has 0 amide bonds. The van der Waals surface area contributed by atoms with E-state index in [1.165, 1.54) is 12.4 Å². The maximum absolute atomic E-state index is 11.2. The zero-order chi connectivity index (χ0) is 12.3. The van der Waals surface area contributed by atoms with Gasteiger partial charge in [-0.15, -0.1) is 0 Å². The molecule has 0 atom stereocenters. The Bertz CT molecular complexity index is 642. The number of benzene rings is 1. The van der Waals surface area contributed by atoms with Crippen molar-refractivity contribution in [2.75, 3.05) is 5.73 Å². The summed E-state index contributed by atoms with van der Waals surface area (Å²) in [6, 6.07) is 8.46. The van der Waals surface area contributed by atoms with Crippen molar-refractivity contribution in [3.05, 3.63) is 46.5 Å². The predicted molar refractivity (Wildman–Crippen MR) is 60.5 cm³/mol. The maximum atomic E-state index is 11.2. The van der Waals surface area contributed by atoms with Crippen LogP contribution in [0.25, 0.3) is 0 Å². The van der Waals surface area contributed by atoms with Crippen LogP contribution in [0.15, 0.2) is 35.4 Å². The number of anilines is 1. The van der Waals surface area contributed by atoms with Crippen molar-refractivity contribution < 1.29 is 4.74 Å². The first kappa shape index (κ1) is 10.7. The van der Waals surface area contributed by atoms with Gasteiger partial charge in [-0.3, -0.25) is 4.79 Å². The van der Waals surface area contributed by atoms with Gasteiger partial charge in [0.25, 0.3) is 5.56 Å². The Labute approximate surface area is 96.3 Å². The van der Waals surface area contributed by atoms with Gasteiger partial charge in [0, 0.05) is 0 Å². The lowest BCUT2D eigenvalue weighted by Gasteiger charge is -2.05. The van der Waals surface area contributed by atoms with Gasteiger partial charge < -0.3 is 15.5 Å². The van der Waals surface area contributed by atoms with Gasteiger partial charge in [-0.1, -0.05) is 6.07 Å². The minimum atomic E-state index is -0.466. The number of aromatic nitrogens is 2. The Morgan fingerprint density at radius 2 is 2.29 bits per heavy atom. The first-order valence-electron chi connectivity index (χ1n) is 4.72.